The van der Waals surface area contributed by atoms with Crippen molar-refractivity contribution in [3.05, 3.63) is 77.4 Å². The lowest BCUT2D eigenvalue weighted by molar-refractivity contribution is 1.21. The zero-order valence-electron chi connectivity index (χ0n) is 11.1. The monoisotopic (exact) mass is 247 g/mol. The highest BCUT2D eigenvalue weighted by Crippen LogP contribution is 2.36. The first-order valence-corrected chi connectivity index (χ1v) is 6.50. The first-order valence-electron chi connectivity index (χ1n) is 6.50. The Morgan fingerprint density at radius 3 is 2.53 bits per heavy atom. The predicted molar refractivity (Wildman–Crippen MR) is 82.7 cm³/mol. The van der Waals surface area contributed by atoms with E-state index in [1.165, 1.54) is 27.8 Å². The number of hydrogen-bond donors (Lipinski definition) is 1. The van der Waals surface area contributed by atoms with E-state index in [2.05, 4.69) is 49.9 Å². The number of rotatable bonds is 1. The molecule has 0 heterocycles. The van der Waals surface area contributed by atoms with Crippen LogP contribution in [0.4, 0.5) is 5.69 Å². The molecule has 0 bridgehead atoms. The van der Waals surface area contributed by atoms with E-state index < -0.39 is 0 Å². The minimum Gasteiger partial charge on any atom is -0.399 e. The molecule has 94 valence electrons. The zero-order chi connectivity index (χ0) is 13.4. The largest absolute Gasteiger partial charge is 0.399 e. The van der Waals surface area contributed by atoms with Gasteiger partial charge in [-0.15, -0.1) is 0 Å². The molecule has 2 aromatic rings. The summed E-state index contributed by atoms with van der Waals surface area (Å²) in [6.07, 6.45) is 3.23. The van der Waals surface area contributed by atoms with Crippen LogP contribution in [0.2, 0.25) is 0 Å². The highest BCUT2D eigenvalue weighted by Gasteiger charge is 2.16. The number of anilines is 1. The fourth-order valence-corrected chi connectivity index (χ4v) is 2.62. The van der Waals surface area contributed by atoms with Crippen molar-refractivity contribution in [2.75, 3.05) is 5.73 Å². The van der Waals surface area contributed by atoms with Crippen LogP contribution in [-0.4, -0.2) is 0 Å². The van der Waals surface area contributed by atoms with Crippen LogP contribution in [0.1, 0.15) is 22.3 Å². The van der Waals surface area contributed by atoms with Gasteiger partial charge in [-0.1, -0.05) is 48.6 Å². The Morgan fingerprint density at radius 1 is 1.05 bits per heavy atom. The van der Waals surface area contributed by atoms with Gasteiger partial charge in [-0.25, -0.2) is 0 Å². The Kier molecular flexibility index (Phi) is 2.75. The summed E-state index contributed by atoms with van der Waals surface area (Å²) in [5.41, 5.74) is 14.0. The molecule has 0 fully saturated rings. The summed E-state index contributed by atoms with van der Waals surface area (Å²) in [6, 6.07) is 14.6. The standard InChI is InChI=1S/C18H17N/c1-12-3-9-18-13(2)17(10-6-15(18)11-12)14-4-7-16(19)8-5-14/h3-5,7-11H,2,6,19H2,1H3. The van der Waals surface area contributed by atoms with Crippen molar-refractivity contribution in [1.82, 2.24) is 0 Å². The molecule has 1 nitrogen and oxygen atoms in total. The number of nitrogen functional groups attached to an aromatic ring is 1. The van der Waals surface area contributed by atoms with E-state index in [-0.39, 0.29) is 0 Å². The van der Waals surface area contributed by atoms with Crippen molar-refractivity contribution in [3.63, 3.8) is 0 Å². The van der Waals surface area contributed by atoms with Crippen molar-refractivity contribution in [2.45, 2.75) is 13.3 Å². The van der Waals surface area contributed by atoms with Gasteiger partial charge in [0.2, 0.25) is 0 Å². The molecule has 0 saturated heterocycles. The Morgan fingerprint density at radius 2 is 1.79 bits per heavy atom. The molecule has 0 spiro atoms. The van der Waals surface area contributed by atoms with E-state index in [0.29, 0.717) is 0 Å². The summed E-state index contributed by atoms with van der Waals surface area (Å²) in [5, 5.41) is 0. The molecule has 0 aromatic heterocycles. The molecule has 2 aromatic carbocycles. The fourth-order valence-electron chi connectivity index (χ4n) is 2.62. The molecule has 0 unspecified atom stereocenters. The van der Waals surface area contributed by atoms with Crippen LogP contribution in [0, 0.1) is 6.92 Å². The van der Waals surface area contributed by atoms with Crippen LogP contribution in [-0.2, 0) is 6.42 Å². The minimum absolute atomic E-state index is 0.793. The fraction of sp³-hybridized carbons (Fsp3) is 0.111. The normalized spacial score (nSPS) is 13.9. The third-order valence-electron chi connectivity index (χ3n) is 3.66. The third-order valence-corrected chi connectivity index (χ3v) is 3.66. The van der Waals surface area contributed by atoms with Gasteiger partial charge < -0.3 is 5.73 Å². The highest BCUT2D eigenvalue weighted by atomic mass is 14.5. The van der Waals surface area contributed by atoms with Gasteiger partial charge in [0.05, 0.1) is 0 Å². The van der Waals surface area contributed by atoms with Crippen molar-refractivity contribution < 1.29 is 0 Å². The van der Waals surface area contributed by atoms with Gasteiger partial charge in [-0.2, -0.15) is 0 Å². The molecule has 1 heteroatoms. The number of nitrogens with two attached hydrogens (primary N) is 1. The van der Waals surface area contributed by atoms with E-state index in [4.69, 9.17) is 5.73 Å². The second-order valence-corrected chi connectivity index (χ2v) is 5.08. The molecule has 0 saturated carbocycles. The summed E-state index contributed by atoms with van der Waals surface area (Å²) >= 11 is 0. The number of allylic oxidation sites excluding steroid dienone is 3. The minimum atomic E-state index is 0.793. The van der Waals surface area contributed by atoms with Gasteiger partial charge in [0.25, 0.3) is 0 Å². The Bertz CT molecular complexity index is 675. The number of benzene rings is 2. The second-order valence-electron chi connectivity index (χ2n) is 5.08. The molecule has 19 heavy (non-hydrogen) atoms. The van der Waals surface area contributed by atoms with E-state index in [1.54, 1.807) is 0 Å². The predicted octanol–water partition coefficient (Wildman–Crippen LogP) is 4.23. The Balaban J connectivity index is 2.03. The average Bonchev–Trinajstić information content (AvgIpc) is 2.40. The van der Waals surface area contributed by atoms with Crippen LogP contribution < -0.4 is 5.73 Å². The van der Waals surface area contributed by atoms with Gasteiger partial charge in [0.1, 0.15) is 0 Å². The van der Waals surface area contributed by atoms with Crippen LogP contribution in [0.5, 0.6) is 0 Å². The first kappa shape index (κ1) is 11.8. The lowest BCUT2D eigenvalue weighted by atomic mass is 9.84. The van der Waals surface area contributed by atoms with Crippen LogP contribution in [0.15, 0.2) is 55.1 Å². The highest BCUT2D eigenvalue weighted by molar-refractivity contribution is 6.06. The van der Waals surface area contributed by atoms with Crippen molar-refractivity contribution in [1.29, 1.82) is 0 Å². The SMILES string of the molecule is C=C1C(c2ccc(N)cc2)=CCc2cc(C)ccc21. The maximum Gasteiger partial charge on any atom is 0.0314 e. The van der Waals surface area contributed by atoms with Crippen LogP contribution in [0.25, 0.3) is 11.1 Å². The van der Waals surface area contributed by atoms with Crippen LogP contribution in [0.3, 0.4) is 0 Å². The molecule has 0 radical (unpaired) electrons. The van der Waals surface area contributed by atoms with E-state index in [9.17, 15) is 0 Å². The average molecular weight is 247 g/mol. The van der Waals surface area contributed by atoms with E-state index >= 15 is 0 Å². The summed E-state index contributed by atoms with van der Waals surface area (Å²) in [4.78, 5) is 0. The van der Waals surface area contributed by atoms with Gasteiger partial charge >= 0.3 is 0 Å². The molecular formula is C18H17N. The Labute approximate surface area is 114 Å². The van der Waals surface area contributed by atoms with Gasteiger partial charge in [-0.3, -0.25) is 0 Å². The zero-order valence-corrected chi connectivity index (χ0v) is 11.1. The van der Waals surface area contributed by atoms with Gasteiger partial charge in [0, 0.05) is 5.69 Å². The first-order chi connectivity index (χ1) is 9.15. The maximum atomic E-state index is 5.74. The molecule has 0 amide bonds. The molecule has 1 aliphatic rings. The topological polar surface area (TPSA) is 26.0 Å². The lowest BCUT2D eigenvalue weighted by Gasteiger charge is -2.20. The Hall–Kier alpha value is -2.28. The molecule has 2 N–H and O–H groups in total. The third kappa shape index (κ3) is 2.08. The van der Waals surface area contributed by atoms with Gasteiger partial charge in [-0.05, 0) is 53.3 Å². The number of aryl methyl sites for hydroxylation is 1. The molecule has 3 rings (SSSR count). The summed E-state index contributed by atoms with van der Waals surface area (Å²) < 4.78 is 0. The summed E-state index contributed by atoms with van der Waals surface area (Å²) in [5.74, 6) is 0. The summed E-state index contributed by atoms with van der Waals surface area (Å²) in [6.45, 7) is 6.39. The maximum absolute atomic E-state index is 5.74. The van der Waals surface area contributed by atoms with Crippen molar-refractivity contribution >= 4 is 16.8 Å². The van der Waals surface area contributed by atoms with Crippen LogP contribution >= 0.6 is 0 Å². The second kappa shape index (κ2) is 4.43. The molecule has 0 atom stereocenters. The molecule has 0 aliphatic heterocycles. The smallest absolute Gasteiger partial charge is 0.0314 e. The quantitative estimate of drug-likeness (QED) is 0.750. The molecule has 1 aliphatic carbocycles. The number of fused-ring (bicyclic) bond motifs is 1. The van der Waals surface area contributed by atoms with Crippen molar-refractivity contribution in [3.8, 4) is 0 Å². The van der Waals surface area contributed by atoms with Crippen molar-refractivity contribution in [2.24, 2.45) is 0 Å². The summed E-state index contributed by atoms with van der Waals surface area (Å²) in [7, 11) is 0. The van der Waals surface area contributed by atoms with Gasteiger partial charge in [0.15, 0.2) is 0 Å². The molecular weight excluding hydrogens is 230 g/mol. The van der Waals surface area contributed by atoms with E-state index in [1.807, 2.05) is 12.1 Å². The number of hydrogen-bond acceptors (Lipinski definition) is 1. The van der Waals surface area contributed by atoms with E-state index in [0.717, 1.165) is 17.7 Å². The lowest BCUT2D eigenvalue weighted by Crippen LogP contribution is -2.01.